The first-order valence-corrected chi connectivity index (χ1v) is 9.75. The third kappa shape index (κ3) is 6.26. The van der Waals surface area contributed by atoms with E-state index in [1.54, 1.807) is 24.5 Å². The molecule has 0 aliphatic carbocycles. The van der Waals surface area contributed by atoms with E-state index in [0.717, 1.165) is 32.0 Å². The lowest BCUT2D eigenvalue weighted by molar-refractivity contribution is -0.137. The van der Waals surface area contributed by atoms with E-state index in [1.165, 1.54) is 17.1 Å². The fourth-order valence-corrected chi connectivity index (χ4v) is 3.91. The molecule has 1 aromatic carbocycles. The molecule has 1 aliphatic heterocycles. The van der Waals surface area contributed by atoms with Crippen molar-refractivity contribution in [1.82, 2.24) is 10.6 Å². The summed E-state index contributed by atoms with van der Waals surface area (Å²) in [5.74, 6) is 0.613. The van der Waals surface area contributed by atoms with Gasteiger partial charge < -0.3 is 15.5 Å². The van der Waals surface area contributed by atoms with Crippen molar-refractivity contribution in [3.05, 3.63) is 52.9 Å². The number of thiophene rings is 1. The summed E-state index contributed by atoms with van der Waals surface area (Å²) in [6.07, 6.45) is -2.35. The van der Waals surface area contributed by atoms with Crippen LogP contribution in [0, 0.1) is 0 Å². The third-order valence-electron chi connectivity index (χ3n) is 4.59. The number of halogens is 4. The third-order valence-corrected chi connectivity index (χ3v) is 5.52. The van der Waals surface area contributed by atoms with Gasteiger partial charge in [-0.05, 0) is 48.1 Å². The molecule has 4 nitrogen and oxygen atoms in total. The zero-order valence-electron chi connectivity index (χ0n) is 15.5. The maximum atomic E-state index is 12.8. The van der Waals surface area contributed by atoms with Crippen LogP contribution in [0.15, 0.2) is 46.8 Å². The number of alkyl halides is 3. The van der Waals surface area contributed by atoms with Crippen LogP contribution < -0.4 is 15.5 Å². The summed E-state index contributed by atoms with van der Waals surface area (Å²) in [5.41, 5.74) is -0.0639. The number of rotatable bonds is 4. The Labute approximate surface area is 184 Å². The second-order valence-corrected chi connectivity index (χ2v) is 7.41. The van der Waals surface area contributed by atoms with Gasteiger partial charge in [-0.1, -0.05) is 12.1 Å². The number of hydrogen-bond donors (Lipinski definition) is 2. The van der Waals surface area contributed by atoms with Crippen LogP contribution in [0.5, 0.6) is 0 Å². The Hall–Kier alpha value is -1.49. The second-order valence-electron chi connectivity index (χ2n) is 6.48. The lowest BCUT2D eigenvalue weighted by Gasteiger charge is -2.33. The molecule has 0 radical (unpaired) electrons. The number of nitrogens with zero attached hydrogens (tertiary/aromatic N) is 2. The zero-order valence-corrected chi connectivity index (χ0v) is 18.6. The van der Waals surface area contributed by atoms with Crippen molar-refractivity contribution in [3.8, 4) is 0 Å². The molecule has 3 rings (SSSR count). The molecule has 2 heterocycles. The predicted molar refractivity (Wildman–Crippen MR) is 120 cm³/mol. The van der Waals surface area contributed by atoms with Crippen LogP contribution in [0.25, 0.3) is 0 Å². The number of nitrogens with one attached hydrogen (secondary N) is 2. The Bertz CT molecular complexity index is 757. The van der Waals surface area contributed by atoms with Crippen LogP contribution in [-0.4, -0.2) is 32.1 Å². The van der Waals surface area contributed by atoms with Crippen LogP contribution >= 0.6 is 35.3 Å². The van der Waals surface area contributed by atoms with E-state index in [9.17, 15) is 13.2 Å². The molecule has 9 heteroatoms. The highest BCUT2D eigenvalue weighted by Crippen LogP contribution is 2.29. The fraction of sp³-hybridized carbons (Fsp3) is 0.421. The Balaban J connectivity index is 0.00000280. The van der Waals surface area contributed by atoms with Gasteiger partial charge >= 0.3 is 6.18 Å². The molecular formula is C19H24F3IN4S. The number of piperidine rings is 1. The summed E-state index contributed by atoms with van der Waals surface area (Å²) in [5, 5.41) is 9.87. The van der Waals surface area contributed by atoms with Gasteiger partial charge in [0.15, 0.2) is 5.96 Å². The van der Waals surface area contributed by atoms with Crippen LogP contribution in [0.4, 0.5) is 18.2 Å². The maximum Gasteiger partial charge on any atom is 0.416 e. The van der Waals surface area contributed by atoms with Crippen molar-refractivity contribution in [3.63, 3.8) is 0 Å². The first-order chi connectivity index (χ1) is 13.0. The van der Waals surface area contributed by atoms with Crippen LogP contribution in [0.3, 0.4) is 0 Å². The highest BCUT2D eigenvalue weighted by Gasteiger charge is 2.30. The van der Waals surface area contributed by atoms with Gasteiger partial charge in [0.05, 0.1) is 10.6 Å². The molecule has 0 bridgehead atoms. The molecule has 0 amide bonds. The number of guanidine groups is 1. The number of aliphatic imine (C=N–C) groups is 1. The number of hydrogen-bond acceptors (Lipinski definition) is 3. The summed E-state index contributed by atoms with van der Waals surface area (Å²) < 4.78 is 38.4. The quantitative estimate of drug-likeness (QED) is 0.346. The standard InChI is InChI=1S/C19H23F3N4S.HI/c1-23-18(24-13-14-4-2-5-15(12-14)19(20,21)22)25-16-7-9-26(10-8-16)17-6-3-11-27-17;/h2-6,11-12,16H,7-10,13H2,1H3,(H2,23,24,25);1H. The summed E-state index contributed by atoms with van der Waals surface area (Å²) in [6.45, 7) is 2.24. The van der Waals surface area contributed by atoms with Crippen molar-refractivity contribution >= 4 is 46.3 Å². The van der Waals surface area contributed by atoms with E-state index in [1.807, 2.05) is 0 Å². The van der Waals surface area contributed by atoms with Gasteiger partial charge in [-0.15, -0.1) is 35.3 Å². The molecule has 2 N–H and O–H groups in total. The molecule has 0 atom stereocenters. The van der Waals surface area contributed by atoms with Gasteiger partial charge in [0, 0.05) is 32.7 Å². The lowest BCUT2D eigenvalue weighted by atomic mass is 10.1. The molecule has 1 saturated heterocycles. The SMILES string of the molecule is CN=C(NCc1cccc(C(F)(F)F)c1)NC1CCN(c2cccs2)CC1.I. The summed E-state index contributed by atoms with van der Waals surface area (Å²) in [6, 6.07) is 9.84. The van der Waals surface area contributed by atoms with Gasteiger partial charge in [-0.25, -0.2) is 0 Å². The topological polar surface area (TPSA) is 39.7 Å². The molecule has 0 unspecified atom stereocenters. The molecule has 154 valence electrons. The van der Waals surface area contributed by atoms with Crippen LogP contribution in [0.1, 0.15) is 24.0 Å². The molecule has 1 aromatic heterocycles. The minimum absolute atomic E-state index is 0. The average molecular weight is 524 g/mol. The first-order valence-electron chi connectivity index (χ1n) is 8.87. The first kappa shape index (κ1) is 22.8. The molecule has 28 heavy (non-hydrogen) atoms. The molecular weight excluding hydrogens is 500 g/mol. The zero-order chi connectivity index (χ0) is 19.3. The van der Waals surface area contributed by atoms with Crippen molar-refractivity contribution in [2.24, 2.45) is 4.99 Å². The van der Waals surface area contributed by atoms with Gasteiger partial charge in [-0.3, -0.25) is 4.99 Å². The Kier molecular flexibility index (Phi) is 8.41. The number of anilines is 1. The van der Waals surface area contributed by atoms with E-state index in [4.69, 9.17) is 0 Å². The highest BCUT2D eigenvalue weighted by atomic mass is 127. The van der Waals surface area contributed by atoms with Gasteiger partial charge in [0.25, 0.3) is 0 Å². The van der Waals surface area contributed by atoms with Crippen molar-refractivity contribution in [1.29, 1.82) is 0 Å². The summed E-state index contributed by atoms with van der Waals surface area (Å²) >= 11 is 1.75. The molecule has 2 aromatic rings. The van der Waals surface area contributed by atoms with Gasteiger partial charge in [0.2, 0.25) is 0 Å². The highest BCUT2D eigenvalue weighted by molar-refractivity contribution is 14.0. The summed E-state index contributed by atoms with van der Waals surface area (Å²) in [4.78, 5) is 6.57. The van der Waals surface area contributed by atoms with Crippen LogP contribution in [-0.2, 0) is 12.7 Å². The summed E-state index contributed by atoms with van der Waals surface area (Å²) in [7, 11) is 1.67. The van der Waals surface area contributed by atoms with Gasteiger partial charge in [0.1, 0.15) is 0 Å². The lowest BCUT2D eigenvalue weighted by Crippen LogP contribution is -2.48. The Morgan fingerprint density at radius 3 is 2.57 bits per heavy atom. The molecule has 0 saturated carbocycles. The monoisotopic (exact) mass is 524 g/mol. The largest absolute Gasteiger partial charge is 0.416 e. The minimum Gasteiger partial charge on any atom is -0.363 e. The molecule has 1 aliphatic rings. The molecule has 0 spiro atoms. The van der Waals surface area contributed by atoms with E-state index in [2.05, 4.69) is 38.0 Å². The Morgan fingerprint density at radius 1 is 1.21 bits per heavy atom. The van der Waals surface area contributed by atoms with E-state index in [0.29, 0.717) is 17.6 Å². The average Bonchev–Trinajstić information content (AvgIpc) is 3.20. The van der Waals surface area contributed by atoms with Gasteiger partial charge in [-0.2, -0.15) is 13.2 Å². The smallest absolute Gasteiger partial charge is 0.363 e. The fourth-order valence-electron chi connectivity index (χ4n) is 3.13. The molecule has 1 fully saturated rings. The predicted octanol–water partition coefficient (Wildman–Crippen LogP) is 4.72. The van der Waals surface area contributed by atoms with Crippen molar-refractivity contribution in [2.45, 2.75) is 31.6 Å². The number of benzene rings is 1. The second kappa shape index (κ2) is 10.3. The normalized spacial score (nSPS) is 15.9. The van der Waals surface area contributed by atoms with Crippen molar-refractivity contribution < 1.29 is 13.2 Å². The minimum atomic E-state index is -4.33. The Morgan fingerprint density at radius 2 is 1.96 bits per heavy atom. The van der Waals surface area contributed by atoms with Crippen LogP contribution in [0.2, 0.25) is 0 Å². The maximum absolute atomic E-state index is 12.8. The van der Waals surface area contributed by atoms with E-state index >= 15 is 0 Å². The van der Waals surface area contributed by atoms with E-state index in [-0.39, 0.29) is 30.5 Å². The van der Waals surface area contributed by atoms with E-state index < -0.39 is 11.7 Å². The van der Waals surface area contributed by atoms with Crippen molar-refractivity contribution in [2.75, 3.05) is 25.0 Å².